The minimum absolute atomic E-state index is 0.00567. The van der Waals surface area contributed by atoms with Gasteiger partial charge in [-0.3, -0.25) is 44.5 Å². The first-order valence-corrected chi connectivity index (χ1v) is 20.1. The second-order valence-corrected chi connectivity index (χ2v) is 16.6. The van der Waals surface area contributed by atoms with Gasteiger partial charge in [-0.15, -0.1) is 11.8 Å². The first-order valence-electron chi connectivity index (χ1n) is 19.0. The molecule has 3 unspecified atom stereocenters. The van der Waals surface area contributed by atoms with E-state index in [1.165, 1.54) is 11.6 Å². The van der Waals surface area contributed by atoms with Crippen molar-refractivity contribution in [2.24, 2.45) is 16.9 Å². The molecule has 1 aliphatic rings. The van der Waals surface area contributed by atoms with E-state index in [1.807, 2.05) is 51.1 Å². The minimum Gasteiger partial charge on any atom is -0.480 e. The van der Waals surface area contributed by atoms with Crippen LogP contribution in [-0.2, 0) is 35.2 Å². The molecule has 58 heavy (non-hydrogen) atoms. The highest BCUT2D eigenvalue weighted by Crippen LogP contribution is 2.40. The Kier molecular flexibility index (Phi) is 16.1. The number of nitrogens with two attached hydrogens (primary N) is 2. The molecule has 0 bridgehead atoms. The summed E-state index contributed by atoms with van der Waals surface area (Å²) in [4.78, 5) is 77.3. The second kappa shape index (κ2) is 20.5. The van der Waals surface area contributed by atoms with Crippen LogP contribution < -0.4 is 22.3 Å². The molecule has 18 heteroatoms. The molecule has 1 aromatic heterocycles. The van der Waals surface area contributed by atoms with Crippen LogP contribution in [0.2, 0.25) is 0 Å². The van der Waals surface area contributed by atoms with Gasteiger partial charge in [-0.1, -0.05) is 57.5 Å². The maximum absolute atomic E-state index is 15.0. The number of carbonyl (C=O) groups is 6. The van der Waals surface area contributed by atoms with Gasteiger partial charge in [0.15, 0.2) is 0 Å². The Morgan fingerprint density at radius 2 is 1.72 bits per heavy atom. The number of hydrogen-bond donors (Lipinski definition) is 5. The maximum Gasteiger partial charge on any atom is 0.321 e. The normalized spacial score (nSPS) is 15.9. The third kappa shape index (κ3) is 12.4. The highest BCUT2D eigenvalue weighted by molar-refractivity contribution is 8.00. The zero-order valence-corrected chi connectivity index (χ0v) is 33.9. The SMILES string of the molecule is CC(=O)N(CCC(N)C(=O)NNC(=O)CCCCCN1C(=O)CC(SC[C@H](N)C(=O)O)C1=O)C(c1nn(-c2cc(F)ccc2F)cc1Cc1ccccc1)C(C)(C)C. The maximum atomic E-state index is 15.0. The number of likely N-dealkylation sites (tertiary alicyclic amines) is 1. The number of aromatic nitrogens is 2. The van der Waals surface area contributed by atoms with Crippen molar-refractivity contribution in [1.82, 2.24) is 30.4 Å². The van der Waals surface area contributed by atoms with Gasteiger partial charge >= 0.3 is 5.97 Å². The van der Waals surface area contributed by atoms with Gasteiger partial charge in [0.1, 0.15) is 23.4 Å². The van der Waals surface area contributed by atoms with Crippen LogP contribution in [0.3, 0.4) is 0 Å². The lowest BCUT2D eigenvalue weighted by molar-refractivity contribution is -0.139. The van der Waals surface area contributed by atoms with Gasteiger partial charge in [0.05, 0.1) is 23.0 Å². The smallest absolute Gasteiger partial charge is 0.321 e. The monoisotopic (exact) mass is 826 g/mol. The van der Waals surface area contributed by atoms with E-state index in [-0.39, 0.29) is 61.5 Å². The van der Waals surface area contributed by atoms with E-state index in [0.717, 1.165) is 40.4 Å². The first-order chi connectivity index (χ1) is 27.4. The number of benzene rings is 2. The molecule has 0 spiro atoms. The molecule has 4 rings (SSSR count). The minimum atomic E-state index is -1.19. The van der Waals surface area contributed by atoms with Crippen LogP contribution in [0.5, 0.6) is 0 Å². The molecule has 2 aromatic carbocycles. The predicted octanol–water partition coefficient (Wildman–Crippen LogP) is 3.37. The number of rotatable bonds is 19. The van der Waals surface area contributed by atoms with Crippen LogP contribution in [0.15, 0.2) is 54.7 Å². The molecule has 3 aromatic rings. The lowest BCUT2D eigenvalue weighted by Gasteiger charge is -2.39. The average Bonchev–Trinajstić information content (AvgIpc) is 3.69. The number of unbranched alkanes of at least 4 members (excludes halogenated alkanes) is 2. The summed E-state index contributed by atoms with van der Waals surface area (Å²) in [5.74, 6) is -4.70. The van der Waals surface area contributed by atoms with Gasteiger partial charge in [-0.2, -0.15) is 5.10 Å². The number of hydrogen-bond acceptors (Lipinski definition) is 10. The standard InChI is InChI=1S/C40H52F2N8O7S/c1-24(51)48(36(40(2,3)4)35-26(19-25-11-7-5-8-12-25)22-50(47-35)31-20-27(41)14-15-28(31)42)18-16-29(43)37(54)46-45-33(52)13-9-6-10-17-49-34(53)21-32(38(49)55)58-23-30(44)39(56)57/h5,7-8,11-12,14-15,20,22,29-30,32,36H,6,9-10,13,16-19,21,23,43-44H2,1-4H3,(H,45,52)(H,46,54)(H,56,57)/t29?,30-,32?,36?/m0/s1. The van der Waals surface area contributed by atoms with Crippen molar-refractivity contribution in [3.63, 3.8) is 0 Å². The van der Waals surface area contributed by atoms with Gasteiger partial charge in [0.2, 0.25) is 23.6 Å². The van der Waals surface area contributed by atoms with Crippen molar-refractivity contribution in [3.05, 3.63) is 83.2 Å². The van der Waals surface area contributed by atoms with Crippen molar-refractivity contribution in [2.45, 2.75) is 96.0 Å². The van der Waals surface area contributed by atoms with E-state index < -0.39 is 58.2 Å². The average molecular weight is 827 g/mol. The quantitative estimate of drug-likeness (QED) is 0.0670. The van der Waals surface area contributed by atoms with Gasteiger partial charge in [0, 0.05) is 62.9 Å². The Hall–Kier alpha value is -5.20. The lowest BCUT2D eigenvalue weighted by atomic mass is 9.81. The molecule has 4 atom stereocenters. The number of carboxylic acids is 1. The van der Waals surface area contributed by atoms with Crippen molar-refractivity contribution >= 4 is 47.3 Å². The number of aliphatic carboxylic acids is 1. The zero-order chi connectivity index (χ0) is 42.7. The molecule has 2 heterocycles. The highest BCUT2D eigenvalue weighted by atomic mass is 32.2. The largest absolute Gasteiger partial charge is 0.480 e. The molecule has 15 nitrogen and oxygen atoms in total. The number of nitrogens with zero attached hydrogens (tertiary/aromatic N) is 4. The molecule has 0 saturated carbocycles. The predicted molar refractivity (Wildman–Crippen MR) is 213 cm³/mol. The number of nitrogens with one attached hydrogen (secondary N) is 2. The van der Waals surface area contributed by atoms with Crippen LogP contribution in [0, 0.1) is 17.0 Å². The summed E-state index contributed by atoms with van der Waals surface area (Å²) < 4.78 is 30.5. The molecule has 1 saturated heterocycles. The molecule has 1 fully saturated rings. The molecule has 1 aliphatic heterocycles. The van der Waals surface area contributed by atoms with Crippen LogP contribution >= 0.6 is 11.8 Å². The van der Waals surface area contributed by atoms with Crippen LogP contribution in [0.25, 0.3) is 5.69 Å². The van der Waals surface area contributed by atoms with Crippen molar-refractivity contribution in [2.75, 3.05) is 18.8 Å². The third-order valence-electron chi connectivity index (χ3n) is 9.64. The van der Waals surface area contributed by atoms with Gasteiger partial charge in [0.25, 0.3) is 5.91 Å². The fourth-order valence-electron chi connectivity index (χ4n) is 6.62. The van der Waals surface area contributed by atoms with Crippen molar-refractivity contribution < 1.29 is 42.7 Å². The number of hydrazine groups is 1. The van der Waals surface area contributed by atoms with Crippen LogP contribution in [0.4, 0.5) is 8.78 Å². The summed E-state index contributed by atoms with van der Waals surface area (Å²) in [5, 5.41) is 13.0. The van der Waals surface area contributed by atoms with E-state index in [4.69, 9.17) is 21.7 Å². The summed E-state index contributed by atoms with van der Waals surface area (Å²) in [7, 11) is 0. The van der Waals surface area contributed by atoms with Gasteiger partial charge < -0.3 is 21.5 Å². The highest BCUT2D eigenvalue weighted by Gasteiger charge is 2.39. The van der Waals surface area contributed by atoms with Gasteiger partial charge in [-0.05, 0) is 42.4 Å². The third-order valence-corrected chi connectivity index (χ3v) is 11.0. The molecule has 314 valence electrons. The summed E-state index contributed by atoms with van der Waals surface area (Å²) in [6, 6.07) is 9.67. The number of carboxylic acid groups (broad SMARTS) is 1. The van der Waals surface area contributed by atoms with E-state index >= 15 is 0 Å². The molecule has 5 amide bonds. The Bertz CT molecular complexity index is 1960. The molecule has 0 radical (unpaired) electrons. The zero-order valence-electron chi connectivity index (χ0n) is 33.1. The number of carbonyl (C=O) groups excluding carboxylic acids is 5. The Morgan fingerprint density at radius 3 is 2.38 bits per heavy atom. The summed E-state index contributed by atoms with van der Waals surface area (Å²) in [5.41, 5.74) is 17.8. The number of amides is 5. The second-order valence-electron chi connectivity index (χ2n) is 15.3. The number of halogens is 2. The summed E-state index contributed by atoms with van der Waals surface area (Å²) >= 11 is 1.05. The molecular weight excluding hydrogens is 775 g/mol. The van der Waals surface area contributed by atoms with Crippen LogP contribution in [0.1, 0.15) is 89.1 Å². The van der Waals surface area contributed by atoms with Gasteiger partial charge in [-0.25, -0.2) is 13.5 Å². The van der Waals surface area contributed by atoms with Crippen molar-refractivity contribution in [3.8, 4) is 5.69 Å². The number of imide groups is 1. The fraction of sp³-hybridized carbons (Fsp3) is 0.475. The topological polar surface area (TPSA) is 223 Å². The molecule has 0 aliphatic carbocycles. The molecule has 7 N–H and O–H groups in total. The number of thioether (sulfide) groups is 1. The Labute approximate surface area is 340 Å². The Morgan fingerprint density at radius 1 is 1.02 bits per heavy atom. The van der Waals surface area contributed by atoms with E-state index in [9.17, 15) is 37.5 Å². The lowest BCUT2D eigenvalue weighted by Crippen LogP contribution is -2.50. The van der Waals surface area contributed by atoms with E-state index in [0.29, 0.717) is 36.9 Å². The summed E-state index contributed by atoms with van der Waals surface area (Å²) in [6.45, 7) is 7.36. The van der Waals surface area contributed by atoms with E-state index in [1.54, 1.807) is 11.1 Å². The van der Waals surface area contributed by atoms with Crippen molar-refractivity contribution in [1.29, 1.82) is 0 Å². The van der Waals surface area contributed by atoms with Crippen LogP contribution in [-0.4, -0.2) is 96.4 Å². The molecular formula is C40H52F2N8O7S. The summed E-state index contributed by atoms with van der Waals surface area (Å²) in [6.07, 6.45) is 3.43. The van der Waals surface area contributed by atoms with E-state index in [2.05, 4.69) is 10.9 Å². The Balaban J connectivity index is 1.32. The fourth-order valence-corrected chi connectivity index (χ4v) is 7.73. The first kappa shape index (κ1) is 45.5.